The molecule has 8 aromatic rings. The summed E-state index contributed by atoms with van der Waals surface area (Å²) in [6.07, 6.45) is 7.45. The van der Waals surface area contributed by atoms with Crippen LogP contribution >= 0.6 is 11.3 Å². The fraction of sp³-hybridized carbons (Fsp3) is 0.0698. The average molecular weight is 607 g/mol. The first kappa shape index (κ1) is 27.0. The van der Waals surface area contributed by atoms with E-state index in [4.69, 9.17) is 0 Å². The molecule has 1 aliphatic rings. The van der Waals surface area contributed by atoms with Crippen LogP contribution in [0.5, 0.6) is 0 Å². The normalized spacial score (nSPS) is 13.2. The van der Waals surface area contributed by atoms with E-state index in [0.717, 1.165) is 11.1 Å². The fourth-order valence-electron chi connectivity index (χ4n) is 7.35. The zero-order valence-corrected chi connectivity index (χ0v) is 26.5. The zero-order chi connectivity index (χ0) is 30.8. The number of pyridine rings is 2. The number of nitrogens with zero attached hydrogens (tertiary/aromatic N) is 2. The lowest BCUT2D eigenvalue weighted by atomic mass is 9.81. The molecule has 2 nitrogen and oxygen atoms in total. The molecular weight excluding hydrogens is 577 g/mol. The molecule has 0 amide bonds. The third-order valence-electron chi connectivity index (χ3n) is 9.69. The van der Waals surface area contributed by atoms with Gasteiger partial charge in [-0.15, -0.1) is 11.3 Å². The molecule has 0 bridgehead atoms. The highest BCUT2D eigenvalue weighted by Crippen LogP contribution is 2.51. The molecule has 0 radical (unpaired) electrons. The predicted molar refractivity (Wildman–Crippen MR) is 194 cm³/mol. The predicted octanol–water partition coefficient (Wildman–Crippen LogP) is 11.8. The van der Waals surface area contributed by atoms with Gasteiger partial charge in [0.25, 0.3) is 0 Å². The van der Waals surface area contributed by atoms with E-state index in [-0.39, 0.29) is 5.41 Å². The molecule has 0 aliphatic heterocycles. The second-order valence-electron chi connectivity index (χ2n) is 12.7. The highest BCUT2D eigenvalue weighted by Gasteiger charge is 2.35. The van der Waals surface area contributed by atoms with Crippen molar-refractivity contribution in [2.75, 3.05) is 0 Å². The first-order valence-electron chi connectivity index (χ1n) is 15.7. The number of benzene rings is 5. The number of aromatic nitrogens is 2. The molecular formula is C43H30N2S. The van der Waals surface area contributed by atoms with Crippen molar-refractivity contribution in [1.29, 1.82) is 0 Å². The summed E-state index contributed by atoms with van der Waals surface area (Å²) in [6.45, 7) is 4.71. The van der Waals surface area contributed by atoms with Crippen LogP contribution in [0.15, 0.2) is 146 Å². The third kappa shape index (κ3) is 4.16. The summed E-state index contributed by atoms with van der Waals surface area (Å²) < 4.78 is 2.64. The molecule has 46 heavy (non-hydrogen) atoms. The largest absolute Gasteiger partial charge is 0.265 e. The smallest absolute Gasteiger partial charge is 0.0434 e. The van der Waals surface area contributed by atoms with Gasteiger partial charge in [0.2, 0.25) is 0 Å². The molecule has 0 unspecified atom stereocenters. The lowest BCUT2D eigenvalue weighted by Gasteiger charge is -2.22. The molecule has 0 N–H and O–H groups in total. The Kier molecular flexibility index (Phi) is 6.06. The number of hydrogen-bond acceptors (Lipinski definition) is 3. The summed E-state index contributed by atoms with van der Waals surface area (Å²) in [7, 11) is 0. The molecule has 0 saturated carbocycles. The molecule has 1 aliphatic carbocycles. The number of fused-ring (bicyclic) bond motifs is 6. The molecule has 0 saturated heterocycles. The summed E-state index contributed by atoms with van der Waals surface area (Å²) >= 11 is 1.91. The highest BCUT2D eigenvalue weighted by atomic mass is 32.1. The van der Waals surface area contributed by atoms with Crippen molar-refractivity contribution in [3.05, 3.63) is 157 Å². The minimum Gasteiger partial charge on any atom is -0.265 e. The lowest BCUT2D eigenvalue weighted by Crippen LogP contribution is -2.14. The Bertz CT molecular complexity index is 2380. The van der Waals surface area contributed by atoms with Crippen molar-refractivity contribution < 1.29 is 0 Å². The van der Waals surface area contributed by atoms with Crippen molar-refractivity contribution in [3.63, 3.8) is 0 Å². The highest BCUT2D eigenvalue weighted by molar-refractivity contribution is 7.26. The van der Waals surface area contributed by atoms with Crippen molar-refractivity contribution in [2.45, 2.75) is 19.3 Å². The van der Waals surface area contributed by atoms with Gasteiger partial charge < -0.3 is 0 Å². The van der Waals surface area contributed by atoms with Crippen LogP contribution in [-0.2, 0) is 5.41 Å². The second kappa shape index (κ2) is 10.3. The van der Waals surface area contributed by atoms with Gasteiger partial charge >= 0.3 is 0 Å². The minimum absolute atomic E-state index is 0.0322. The molecule has 0 spiro atoms. The molecule has 5 aromatic carbocycles. The Labute approximate surface area is 272 Å². The van der Waals surface area contributed by atoms with E-state index in [1.165, 1.54) is 75.8 Å². The van der Waals surface area contributed by atoms with Crippen LogP contribution in [0.1, 0.15) is 25.0 Å². The molecule has 3 heterocycles. The van der Waals surface area contributed by atoms with E-state index in [1.807, 2.05) is 36.1 Å². The van der Waals surface area contributed by atoms with E-state index < -0.39 is 0 Å². The van der Waals surface area contributed by atoms with Crippen molar-refractivity contribution >= 4 is 31.5 Å². The monoisotopic (exact) mass is 606 g/mol. The Hall–Kier alpha value is -5.38. The molecule has 0 fully saturated rings. The zero-order valence-electron chi connectivity index (χ0n) is 25.7. The Morgan fingerprint density at radius 3 is 1.57 bits per heavy atom. The van der Waals surface area contributed by atoms with Crippen molar-refractivity contribution in [1.82, 2.24) is 9.97 Å². The van der Waals surface area contributed by atoms with Gasteiger partial charge in [0.1, 0.15) is 0 Å². The van der Waals surface area contributed by atoms with E-state index in [9.17, 15) is 0 Å². The summed E-state index contributed by atoms with van der Waals surface area (Å²) in [6, 6.07) is 44.7. The maximum Gasteiger partial charge on any atom is 0.0434 e. The van der Waals surface area contributed by atoms with Crippen molar-refractivity contribution in [3.8, 4) is 55.6 Å². The molecule has 9 rings (SSSR count). The van der Waals surface area contributed by atoms with E-state index >= 15 is 0 Å². The summed E-state index contributed by atoms with van der Waals surface area (Å²) in [5.74, 6) is 0. The van der Waals surface area contributed by atoms with Crippen LogP contribution < -0.4 is 0 Å². The average Bonchev–Trinajstić information content (AvgIpc) is 3.61. The maximum absolute atomic E-state index is 4.26. The Morgan fingerprint density at radius 1 is 0.413 bits per heavy atom. The van der Waals surface area contributed by atoms with Gasteiger partial charge in [0, 0.05) is 50.4 Å². The van der Waals surface area contributed by atoms with Gasteiger partial charge in [-0.3, -0.25) is 9.97 Å². The lowest BCUT2D eigenvalue weighted by molar-refractivity contribution is 0.660. The second-order valence-corrected chi connectivity index (χ2v) is 13.7. The van der Waals surface area contributed by atoms with Crippen LogP contribution in [0.2, 0.25) is 0 Å². The first-order valence-corrected chi connectivity index (χ1v) is 16.5. The standard InChI is InChI=1S/C43H30N2S/c1-43(2)39-12-4-3-7-35(39)36-14-13-29(26-40(36)43)33-8-5-10-37-38-11-6-9-34(42(38)46-41(33)37)32-24-30(27-15-19-44-20-16-27)23-31(25-32)28-17-21-45-22-18-28/h3-26H,1-2H3. The van der Waals surface area contributed by atoms with E-state index in [0.29, 0.717) is 0 Å². The van der Waals surface area contributed by atoms with Gasteiger partial charge in [0.05, 0.1) is 0 Å². The van der Waals surface area contributed by atoms with Crippen LogP contribution in [0.3, 0.4) is 0 Å². The topological polar surface area (TPSA) is 25.8 Å². The quantitative estimate of drug-likeness (QED) is 0.199. The summed E-state index contributed by atoms with van der Waals surface area (Å²) in [5, 5.41) is 2.61. The van der Waals surface area contributed by atoms with Gasteiger partial charge in [-0.05, 0) is 115 Å². The molecule has 3 heteroatoms. The number of rotatable bonds is 4. The SMILES string of the molecule is CC1(C)c2ccccc2-c2ccc(-c3cccc4c3sc3c(-c5cc(-c6ccncc6)cc(-c6ccncc6)c5)cccc34)cc21. The van der Waals surface area contributed by atoms with E-state index in [2.05, 4.69) is 145 Å². The van der Waals surface area contributed by atoms with Gasteiger partial charge in [-0.2, -0.15) is 0 Å². The van der Waals surface area contributed by atoms with Crippen LogP contribution in [0.4, 0.5) is 0 Å². The van der Waals surface area contributed by atoms with Crippen molar-refractivity contribution in [2.24, 2.45) is 0 Å². The van der Waals surface area contributed by atoms with Crippen LogP contribution in [0, 0.1) is 0 Å². The third-order valence-corrected chi connectivity index (χ3v) is 11.0. The van der Waals surface area contributed by atoms with Gasteiger partial charge in [-0.25, -0.2) is 0 Å². The summed E-state index contributed by atoms with van der Waals surface area (Å²) in [5.41, 5.74) is 15.2. The number of thiophene rings is 1. The Morgan fingerprint density at radius 2 is 0.935 bits per heavy atom. The molecule has 0 atom stereocenters. The molecule has 218 valence electrons. The van der Waals surface area contributed by atoms with Crippen LogP contribution in [0.25, 0.3) is 75.8 Å². The van der Waals surface area contributed by atoms with Gasteiger partial charge in [0.15, 0.2) is 0 Å². The Balaban J connectivity index is 1.23. The fourth-order valence-corrected chi connectivity index (χ4v) is 8.72. The molecule has 3 aromatic heterocycles. The van der Waals surface area contributed by atoms with E-state index in [1.54, 1.807) is 0 Å². The van der Waals surface area contributed by atoms with Gasteiger partial charge in [-0.1, -0.05) is 86.6 Å². The number of hydrogen-bond donors (Lipinski definition) is 0. The maximum atomic E-state index is 4.26. The first-order chi connectivity index (χ1) is 22.6. The summed E-state index contributed by atoms with van der Waals surface area (Å²) in [4.78, 5) is 8.52. The van der Waals surface area contributed by atoms with Crippen LogP contribution in [-0.4, -0.2) is 9.97 Å². The minimum atomic E-state index is -0.0322.